The molecule has 1 aliphatic heterocycles. The fraction of sp³-hybridized carbons (Fsp3) is 0.529. The van der Waals surface area contributed by atoms with Crippen LogP contribution in [-0.2, 0) is 4.79 Å². The summed E-state index contributed by atoms with van der Waals surface area (Å²) >= 11 is 0. The van der Waals surface area contributed by atoms with E-state index in [1.54, 1.807) is 17.9 Å². The molecule has 2 rings (SSSR count). The minimum atomic E-state index is -0.303. The maximum Gasteiger partial charge on any atom is 0.253 e. The Bertz CT molecular complexity index is 552. The van der Waals surface area contributed by atoms with E-state index < -0.39 is 0 Å². The number of rotatable bonds is 4. The monoisotopic (exact) mass is 306 g/mol. The average Bonchev–Trinajstić information content (AvgIpc) is 2.54. The molecule has 0 atom stereocenters. The number of carbonyl (C=O) groups excluding carboxylic acids is 2. The van der Waals surface area contributed by atoms with Crippen LogP contribution in [0.4, 0.5) is 4.39 Å². The summed E-state index contributed by atoms with van der Waals surface area (Å²) in [4.78, 5) is 27.9. The van der Waals surface area contributed by atoms with Crippen LogP contribution in [0, 0.1) is 12.7 Å². The molecule has 1 heterocycles. The second-order valence-electron chi connectivity index (χ2n) is 5.74. The second-order valence-corrected chi connectivity index (χ2v) is 5.74. The van der Waals surface area contributed by atoms with Crippen molar-refractivity contribution in [3.63, 3.8) is 0 Å². The minimum Gasteiger partial charge on any atom is -0.339 e. The molecule has 1 fully saturated rings. The fourth-order valence-corrected chi connectivity index (χ4v) is 2.61. The van der Waals surface area contributed by atoms with Gasteiger partial charge in [0.2, 0.25) is 5.91 Å². The summed E-state index contributed by atoms with van der Waals surface area (Å²) in [6.07, 6.45) is 2.50. The van der Waals surface area contributed by atoms with Crippen LogP contribution >= 0.6 is 0 Å². The van der Waals surface area contributed by atoms with Gasteiger partial charge in [0.15, 0.2) is 0 Å². The highest BCUT2D eigenvalue weighted by molar-refractivity contribution is 5.94. The molecule has 0 unspecified atom stereocenters. The first-order chi connectivity index (χ1) is 10.5. The van der Waals surface area contributed by atoms with Crippen molar-refractivity contribution < 1.29 is 14.0 Å². The molecule has 120 valence electrons. The average molecular weight is 306 g/mol. The van der Waals surface area contributed by atoms with Crippen molar-refractivity contribution in [2.45, 2.75) is 33.1 Å². The Hall–Kier alpha value is -1.91. The molecule has 0 saturated carbocycles. The lowest BCUT2D eigenvalue weighted by atomic mass is 10.1. The first-order valence-electron chi connectivity index (χ1n) is 7.86. The van der Waals surface area contributed by atoms with E-state index >= 15 is 0 Å². The molecule has 1 aromatic rings. The highest BCUT2D eigenvalue weighted by atomic mass is 19.1. The van der Waals surface area contributed by atoms with Gasteiger partial charge in [0.1, 0.15) is 5.82 Å². The summed E-state index contributed by atoms with van der Waals surface area (Å²) in [6, 6.07) is 4.42. The van der Waals surface area contributed by atoms with E-state index in [9.17, 15) is 14.0 Å². The Balaban J connectivity index is 1.92. The summed E-state index contributed by atoms with van der Waals surface area (Å²) < 4.78 is 13.3. The lowest BCUT2D eigenvalue weighted by Gasteiger charge is -2.35. The van der Waals surface area contributed by atoms with E-state index in [0.29, 0.717) is 43.7 Å². The van der Waals surface area contributed by atoms with Crippen LogP contribution in [0.5, 0.6) is 0 Å². The van der Waals surface area contributed by atoms with Gasteiger partial charge in [-0.25, -0.2) is 4.39 Å². The van der Waals surface area contributed by atoms with Crippen molar-refractivity contribution in [1.29, 1.82) is 0 Å². The highest BCUT2D eigenvalue weighted by Gasteiger charge is 2.24. The minimum absolute atomic E-state index is 0.0937. The number of halogens is 1. The summed E-state index contributed by atoms with van der Waals surface area (Å²) in [6.45, 7) is 5.94. The third-order valence-corrected chi connectivity index (χ3v) is 4.07. The Kier molecular flexibility index (Phi) is 5.52. The number of carbonyl (C=O) groups is 2. The van der Waals surface area contributed by atoms with Gasteiger partial charge < -0.3 is 9.80 Å². The smallest absolute Gasteiger partial charge is 0.253 e. The molecule has 1 saturated heterocycles. The van der Waals surface area contributed by atoms with Gasteiger partial charge >= 0.3 is 0 Å². The predicted octanol–water partition coefficient (Wildman–Crippen LogP) is 2.61. The normalized spacial score (nSPS) is 15.0. The van der Waals surface area contributed by atoms with Crippen LogP contribution in [0.15, 0.2) is 18.2 Å². The Morgan fingerprint density at radius 3 is 2.36 bits per heavy atom. The molecule has 0 aromatic heterocycles. The molecule has 0 bridgehead atoms. The number of aryl methyl sites for hydroxylation is 1. The molecule has 1 aromatic carbocycles. The molecule has 0 aliphatic carbocycles. The number of benzene rings is 1. The summed E-state index contributed by atoms with van der Waals surface area (Å²) in [5.41, 5.74) is 0.976. The third kappa shape index (κ3) is 3.84. The van der Waals surface area contributed by atoms with Gasteiger partial charge in [-0.15, -0.1) is 0 Å². The molecule has 0 radical (unpaired) electrons. The van der Waals surface area contributed by atoms with Crippen LogP contribution in [0.25, 0.3) is 0 Å². The quantitative estimate of drug-likeness (QED) is 0.858. The van der Waals surface area contributed by atoms with Crippen LogP contribution in [0.2, 0.25) is 0 Å². The van der Waals surface area contributed by atoms with E-state index in [1.165, 1.54) is 12.1 Å². The molecule has 2 amide bonds. The van der Waals surface area contributed by atoms with Gasteiger partial charge in [0.25, 0.3) is 5.91 Å². The van der Waals surface area contributed by atoms with Crippen LogP contribution in [0.1, 0.15) is 42.1 Å². The molecule has 5 heteroatoms. The fourth-order valence-electron chi connectivity index (χ4n) is 2.61. The molecule has 22 heavy (non-hydrogen) atoms. The number of nitrogens with zero attached hydrogens (tertiary/aromatic N) is 2. The zero-order valence-corrected chi connectivity index (χ0v) is 13.3. The van der Waals surface area contributed by atoms with Crippen molar-refractivity contribution in [1.82, 2.24) is 9.80 Å². The van der Waals surface area contributed by atoms with E-state index in [4.69, 9.17) is 0 Å². The maximum absolute atomic E-state index is 13.3. The largest absolute Gasteiger partial charge is 0.339 e. The maximum atomic E-state index is 13.3. The number of hydrogen-bond donors (Lipinski definition) is 0. The van der Waals surface area contributed by atoms with Gasteiger partial charge in [-0.05, 0) is 37.1 Å². The number of unbranched alkanes of at least 4 members (excludes halogenated alkanes) is 1. The topological polar surface area (TPSA) is 40.6 Å². The zero-order chi connectivity index (χ0) is 16.1. The zero-order valence-electron chi connectivity index (χ0n) is 13.3. The highest BCUT2D eigenvalue weighted by Crippen LogP contribution is 2.14. The van der Waals surface area contributed by atoms with Gasteiger partial charge in [0, 0.05) is 38.2 Å². The summed E-state index contributed by atoms with van der Waals surface area (Å²) in [7, 11) is 0. The van der Waals surface area contributed by atoms with E-state index in [2.05, 4.69) is 6.92 Å². The van der Waals surface area contributed by atoms with Crippen molar-refractivity contribution in [2.75, 3.05) is 26.2 Å². The molecular formula is C17H23FN2O2. The molecule has 1 aliphatic rings. The van der Waals surface area contributed by atoms with Gasteiger partial charge in [0.05, 0.1) is 0 Å². The molecule has 4 nitrogen and oxygen atoms in total. The third-order valence-electron chi connectivity index (χ3n) is 4.07. The second kappa shape index (κ2) is 7.38. The van der Waals surface area contributed by atoms with Gasteiger partial charge in [-0.1, -0.05) is 13.3 Å². The van der Waals surface area contributed by atoms with E-state index in [1.807, 2.05) is 4.90 Å². The number of amides is 2. The SMILES string of the molecule is CCCCC(=O)N1CCN(C(=O)c2ccc(F)c(C)c2)CC1. The van der Waals surface area contributed by atoms with Crippen molar-refractivity contribution >= 4 is 11.8 Å². The van der Waals surface area contributed by atoms with Gasteiger partial charge in [-0.3, -0.25) is 9.59 Å². The molecule has 0 N–H and O–H groups in total. The van der Waals surface area contributed by atoms with Crippen LogP contribution < -0.4 is 0 Å². The van der Waals surface area contributed by atoms with Gasteiger partial charge in [-0.2, -0.15) is 0 Å². The van der Waals surface area contributed by atoms with Crippen molar-refractivity contribution in [2.24, 2.45) is 0 Å². The Morgan fingerprint density at radius 1 is 1.14 bits per heavy atom. The first-order valence-corrected chi connectivity index (χ1v) is 7.86. The van der Waals surface area contributed by atoms with E-state index in [0.717, 1.165) is 12.8 Å². The number of piperazine rings is 1. The Morgan fingerprint density at radius 2 is 1.77 bits per heavy atom. The lowest BCUT2D eigenvalue weighted by molar-refractivity contribution is -0.132. The predicted molar refractivity (Wildman–Crippen MR) is 83.1 cm³/mol. The van der Waals surface area contributed by atoms with Crippen molar-refractivity contribution in [3.8, 4) is 0 Å². The van der Waals surface area contributed by atoms with E-state index in [-0.39, 0.29) is 17.6 Å². The summed E-state index contributed by atoms with van der Waals surface area (Å²) in [5.74, 6) is -0.224. The standard InChI is InChI=1S/C17H23FN2O2/c1-3-4-5-16(21)19-8-10-20(11-9-19)17(22)14-6-7-15(18)13(2)12-14/h6-7,12H,3-5,8-11H2,1-2H3. The Labute approximate surface area is 130 Å². The molecular weight excluding hydrogens is 283 g/mol. The first kappa shape index (κ1) is 16.5. The van der Waals surface area contributed by atoms with Crippen LogP contribution in [0.3, 0.4) is 0 Å². The lowest BCUT2D eigenvalue weighted by Crippen LogP contribution is -2.50. The number of hydrogen-bond acceptors (Lipinski definition) is 2. The van der Waals surface area contributed by atoms with Crippen molar-refractivity contribution in [3.05, 3.63) is 35.1 Å². The van der Waals surface area contributed by atoms with Crippen LogP contribution in [-0.4, -0.2) is 47.8 Å². The molecule has 0 spiro atoms. The summed E-state index contributed by atoms with van der Waals surface area (Å²) in [5, 5.41) is 0.